The number of quaternary nitrogens is 1. The minimum atomic E-state index is -4.42. The fourth-order valence-electron chi connectivity index (χ4n) is 4.81. The minimum Gasteiger partial charge on any atom is -0.329 e. The maximum Gasteiger partial charge on any atom is 0.470 e. The molecule has 0 saturated heterocycles. The van der Waals surface area contributed by atoms with Crippen molar-refractivity contribution >= 4 is 30.4 Å². The van der Waals surface area contributed by atoms with Gasteiger partial charge in [0.15, 0.2) is 0 Å². The molecule has 0 spiro atoms. The van der Waals surface area contributed by atoms with Crippen molar-refractivity contribution in [1.82, 2.24) is 0 Å². The molecule has 7 heteroatoms. The van der Waals surface area contributed by atoms with Crippen LogP contribution in [0, 0.1) is 3.57 Å². The molecule has 0 aliphatic heterocycles. The molecule has 2 N–H and O–H groups in total. The summed E-state index contributed by atoms with van der Waals surface area (Å²) in [5.41, 5.74) is 1.48. The molecule has 1 aromatic rings. The number of halogens is 1. The average Bonchev–Trinajstić information content (AvgIpc) is 2.77. The van der Waals surface area contributed by atoms with Crippen molar-refractivity contribution in [3.63, 3.8) is 0 Å². The number of phosphoric ester groups is 1. The molecule has 0 bridgehead atoms. The van der Waals surface area contributed by atoms with Crippen molar-refractivity contribution in [1.29, 1.82) is 0 Å². The predicted octanol–water partition coefficient (Wildman–Crippen LogP) is 8.65. The molecule has 0 aliphatic rings. The third kappa shape index (κ3) is 22.0. The van der Waals surface area contributed by atoms with Crippen LogP contribution in [-0.2, 0) is 15.5 Å². The summed E-state index contributed by atoms with van der Waals surface area (Å²) in [5, 5.41) is 0. The molecule has 36 heavy (non-hydrogen) atoms. The third-order valence-electron chi connectivity index (χ3n) is 6.69. The zero-order valence-electron chi connectivity index (χ0n) is 23.3. The lowest BCUT2D eigenvalue weighted by molar-refractivity contribution is -0.873. The Labute approximate surface area is 235 Å². The maximum absolute atomic E-state index is 11.2. The van der Waals surface area contributed by atoms with Gasteiger partial charge in [-0.3, -0.25) is 4.52 Å². The Hall–Kier alpha value is 0.0200. The van der Waals surface area contributed by atoms with Gasteiger partial charge in [-0.1, -0.05) is 108 Å². The third-order valence-corrected chi connectivity index (χ3v) is 7.98. The first kappa shape index (κ1) is 34.0. The molecule has 0 aromatic heterocycles. The minimum absolute atomic E-state index is 0.380. The maximum atomic E-state index is 11.2. The average molecular weight is 639 g/mol. The fraction of sp³-hybridized carbons (Fsp3) is 0.793. The number of hydrogen-bond donors (Lipinski definition) is 2. The van der Waals surface area contributed by atoms with Gasteiger partial charge in [-0.05, 0) is 59.5 Å². The molecule has 1 atom stereocenters. The lowest BCUT2D eigenvalue weighted by Gasteiger charge is -2.29. The van der Waals surface area contributed by atoms with Gasteiger partial charge < -0.3 is 14.3 Å². The molecule has 1 unspecified atom stereocenters. The van der Waals surface area contributed by atoms with Gasteiger partial charge in [0.2, 0.25) is 0 Å². The van der Waals surface area contributed by atoms with E-state index < -0.39 is 7.82 Å². The summed E-state index contributed by atoms with van der Waals surface area (Å²) in [7, 11) is 1.64. The molecule has 0 amide bonds. The van der Waals surface area contributed by atoms with Crippen LogP contribution in [-0.4, -0.2) is 48.1 Å². The van der Waals surface area contributed by atoms with Gasteiger partial charge in [0, 0.05) is 3.57 Å². The van der Waals surface area contributed by atoms with Crippen molar-refractivity contribution in [2.24, 2.45) is 0 Å². The highest BCUT2D eigenvalue weighted by Gasteiger charge is 2.26. The van der Waals surface area contributed by atoms with Gasteiger partial charge in [0.05, 0.1) is 21.1 Å². The van der Waals surface area contributed by atoms with Crippen molar-refractivity contribution < 1.29 is 23.4 Å². The monoisotopic (exact) mass is 638 g/mol. The van der Waals surface area contributed by atoms with Crippen LogP contribution in [0.1, 0.15) is 115 Å². The van der Waals surface area contributed by atoms with Gasteiger partial charge in [-0.25, -0.2) is 4.57 Å². The largest absolute Gasteiger partial charge is 0.470 e. The fourth-order valence-corrected chi connectivity index (χ4v) is 5.73. The Morgan fingerprint density at radius 3 is 1.50 bits per heavy atom. The molecule has 1 rings (SSSR count). The molecule has 0 radical (unpaired) electrons. The highest BCUT2D eigenvalue weighted by molar-refractivity contribution is 14.1. The number of phosphoric acid groups is 1. The highest BCUT2D eigenvalue weighted by Crippen LogP contribution is 2.39. The van der Waals surface area contributed by atoms with E-state index in [9.17, 15) is 4.57 Å². The van der Waals surface area contributed by atoms with E-state index in [0.717, 1.165) is 12.8 Å². The standard InChI is InChI=1S/C29H53INO4P/c1-31(2,3)26-29(35-36(32,33)34)21-19-17-15-13-11-9-7-5-4-6-8-10-12-14-16-18-20-27-22-24-28(30)25-23-27/h22-25,29H,4-21,26H2,1-3H3,(H-,32,33,34)/p+1. The predicted molar refractivity (Wildman–Crippen MR) is 161 cm³/mol. The second kappa shape index (κ2) is 20.0. The molecular weight excluding hydrogens is 584 g/mol. The second-order valence-electron chi connectivity index (χ2n) is 11.5. The van der Waals surface area contributed by atoms with Crippen molar-refractivity contribution in [2.75, 3.05) is 27.7 Å². The van der Waals surface area contributed by atoms with E-state index >= 15 is 0 Å². The summed E-state index contributed by atoms with van der Waals surface area (Å²) in [5.74, 6) is 0. The lowest BCUT2D eigenvalue weighted by atomic mass is 10.0. The van der Waals surface area contributed by atoms with E-state index in [1.165, 1.54) is 105 Å². The summed E-state index contributed by atoms with van der Waals surface area (Å²) < 4.78 is 18.2. The van der Waals surface area contributed by atoms with E-state index in [-0.39, 0.29) is 6.10 Å². The van der Waals surface area contributed by atoms with E-state index in [2.05, 4.69) is 46.9 Å². The van der Waals surface area contributed by atoms with Gasteiger partial charge in [-0.15, -0.1) is 0 Å². The lowest BCUT2D eigenvalue weighted by Crippen LogP contribution is -2.42. The summed E-state index contributed by atoms with van der Waals surface area (Å²) in [6, 6.07) is 8.95. The Morgan fingerprint density at radius 2 is 1.11 bits per heavy atom. The number of aryl methyl sites for hydroxylation is 1. The number of likely N-dealkylation sites (N-methyl/N-ethyl adjacent to an activating group) is 1. The van der Waals surface area contributed by atoms with E-state index in [4.69, 9.17) is 14.3 Å². The first-order valence-corrected chi connectivity index (χ1v) is 16.9. The van der Waals surface area contributed by atoms with Crippen LogP contribution in [0.2, 0.25) is 0 Å². The first-order valence-electron chi connectivity index (χ1n) is 14.3. The zero-order valence-corrected chi connectivity index (χ0v) is 26.4. The number of hydrogen-bond acceptors (Lipinski definition) is 2. The van der Waals surface area contributed by atoms with Gasteiger partial charge in [0.25, 0.3) is 0 Å². The van der Waals surface area contributed by atoms with Gasteiger partial charge >= 0.3 is 7.82 Å². The highest BCUT2D eigenvalue weighted by atomic mass is 127. The number of unbranched alkanes of at least 4 members (excludes halogenated alkanes) is 15. The normalized spacial score (nSPS) is 13.3. The molecule has 210 valence electrons. The van der Waals surface area contributed by atoms with Crippen LogP contribution in [0.4, 0.5) is 0 Å². The number of benzene rings is 1. The van der Waals surface area contributed by atoms with E-state index in [0.29, 0.717) is 17.4 Å². The SMILES string of the molecule is C[N+](C)(C)CC(CCCCCCCCCCCCCCCCCCc1ccc(I)cc1)OP(=O)(O)O. The topological polar surface area (TPSA) is 66.8 Å². The Morgan fingerprint density at radius 1 is 0.722 bits per heavy atom. The number of rotatable bonds is 23. The molecule has 1 aromatic carbocycles. The van der Waals surface area contributed by atoms with Crippen molar-refractivity contribution in [2.45, 2.75) is 122 Å². The smallest absolute Gasteiger partial charge is 0.329 e. The summed E-state index contributed by atoms with van der Waals surface area (Å²) >= 11 is 2.37. The van der Waals surface area contributed by atoms with Crippen LogP contribution >= 0.6 is 30.4 Å². The molecule has 0 saturated carbocycles. The molecule has 0 fully saturated rings. The van der Waals surface area contributed by atoms with E-state index in [1.807, 2.05) is 21.1 Å². The quantitative estimate of drug-likeness (QED) is 0.0545. The van der Waals surface area contributed by atoms with Crippen LogP contribution in [0.3, 0.4) is 0 Å². The summed E-state index contributed by atoms with van der Waals surface area (Å²) in [6.07, 6.45) is 22.6. The van der Waals surface area contributed by atoms with Crippen LogP contribution in [0.25, 0.3) is 0 Å². The molecule has 0 heterocycles. The van der Waals surface area contributed by atoms with E-state index in [1.54, 1.807) is 0 Å². The Balaban J connectivity index is 1.85. The van der Waals surface area contributed by atoms with Crippen LogP contribution in [0.15, 0.2) is 24.3 Å². The zero-order chi connectivity index (χ0) is 26.7. The van der Waals surface area contributed by atoms with Crippen molar-refractivity contribution in [3.8, 4) is 0 Å². The van der Waals surface area contributed by atoms with Crippen molar-refractivity contribution in [3.05, 3.63) is 33.4 Å². The Kier molecular flexibility index (Phi) is 18.9. The Bertz CT molecular complexity index is 702. The van der Waals surface area contributed by atoms with Crippen LogP contribution < -0.4 is 0 Å². The second-order valence-corrected chi connectivity index (χ2v) is 14.0. The van der Waals surface area contributed by atoms with Gasteiger partial charge in [0.1, 0.15) is 12.6 Å². The first-order chi connectivity index (χ1) is 17.1. The summed E-state index contributed by atoms with van der Waals surface area (Å²) in [4.78, 5) is 18.3. The molecule has 0 aliphatic carbocycles. The van der Waals surface area contributed by atoms with Gasteiger partial charge in [-0.2, -0.15) is 0 Å². The summed E-state index contributed by atoms with van der Waals surface area (Å²) in [6.45, 7) is 0.611. The molecular formula is C29H54INO4P+. The molecule has 5 nitrogen and oxygen atoms in total. The number of nitrogens with zero attached hydrogens (tertiary/aromatic N) is 1. The van der Waals surface area contributed by atoms with Crippen LogP contribution in [0.5, 0.6) is 0 Å².